The van der Waals surface area contributed by atoms with Gasteiger partial charge >= 0.3 is 0 Å². The number of H-pyrrole nitrogens is 1. The Kier molecular flexibility index (Phi) is 6.57. The van der Waals surface area contributed by atoms with Crippen molar-refractivity contribution in [2.45, 2.75) is 65.5 Å². The van der Waals surface area contributed by atoms with Crippen molar-refractivity contribution in [3.8, 4) is 0 Å². The lowest BCUT2D eigenvalue weighted by molar-refractivity contribution is 0.132. The molecule has 4 N–H and O–H groups in total. The molecule has 0 fully saturated rings. The van der Waals surface area contributed by atoms with Gasteiger partial charge in [-0.25, -0.2) is 4.98 Å². The Bertz CT molecular complexity index is 924. The van der Waals surface area contributed by atoms with Crippen molar-refractivity contribution in [1.82, 2.24) is 15.3 Å². The Balaban J connectivity index is 1.70. The molecule has 3 aromatic rings. The van der Waals surface area contributed by atoms with E-state index in [4.69, 9.17) is 10.5 Å². The molecule has 5 nitrogen and oxygen atoms in total. The monoisotopic (exact) mass is 382 g/mol. The number of aromatic amines is 1. The van der Waals surface area contributed by atoms with Gasteiger partial charge < -0.3 is 20.8 Å². The molecule has 0 saturated heterocycles. The van der Waals surface area contributed by atoms with Crippen LogP contribution in [0.1, 0.15) is 58.2 Å². The first-order valence-corrected chi connectivity index (χ1v) is 10.4. The average molecular weight is 383 g/mol. The number of hydrogen-bond donors (Lipinski definition) is 3. The van der Waals surface area contributed by atoms with E-state index < -0.39 is 0 Å². The van der Waals surface area contributed by atoms with E-state index in [0.29, 0.717) is 19.0 Å². The van der Waals surface area contributed by atoms with Crippen LogP contribution in [0.15, 0.2) is 24.3 Å². The standard InChI is InChI=1S/C23H34N4O/c1-5-28-15-17-14-19-21(26-17)18-13-16(10-11-20(18)27-22(19)24)9-7-6-8-12-25-23(2,3)4/h10-11,13-14,25-26H,5-9,12,15H2,1-4H3,(H2,24,27). The van der Waals surface area contributed by atoms with Gasteiger partial charge in [0, 0.05) is 28.6 Å². The molecule has 152 valence electrons. The summed E-state index contributed by atoms with van der Waals surface area (Å²) in [5.41, 5.74) is 10.8. The molecule has 0 spiro atoms. The summed E-state index contributed by atoms with van der Waals surface area (Å²) in [7, 11) is 0. The molecule has 0 aliphatic carbocycles. The summed E-state index contributed by atoms with van der Waals surface area (Å²) in [6.07, 6.45) is 4.73. The zero-order chi connectivity index (χ0) is 20.1. The Labute approximate surface area is 168 Å². The first-order chi connectivity index (χ1) is 13.4. The highest BCUT2D eigenvalue weighted by molar-refractivity contribution is 6.08. The van der Waals surface area contributed by atoms with E-state index in [1.165, 1.54) is 24.8 Å². The van der Waals surface area contributed by atoms with Crippen LogP contribution in [-0.2, 0) is 17.8 Å². The molecule has 28 heavy (non-hydrogen) atoms. The number of benzene rings is 1. The predicted molar refractivity (Wildman–Crippen MR) is 119 cm³/mol. The number of nitrogens with zero attached hydrogens (tertiary/aromatic N) is 1. The lowest BCUT2D eigenvalue weighted by atomic mass is 10.0. The minimum atomic E-state index is 0.204. The highest BCUT2D eigenvalue weighted by Crippen LogP contribution is 2.29. The molecular formula is C23H34N4O. The number of nitrogens with two attached hydrogens (primary N) is 1. The van der Waals surface area contributed by atoms with Crippen LogP contribution in [-0.4, -0.2) is 28.7 Å². The van der Waals surface area contributed by atoms with Crippen LogP contribution in [0.3, 0.4) is 0 Å². The van der Waals surface area contributed by atoms with Crippen molar-refractivity contribution in [3.05, 3.63) is 35.5 Å². The zero-order valence-electron chi connectivity index (χ0n) is 17.7. The topological polar surface area (TPSA) is 76.0 Å². The number of anilines is 1. The molecule has 0 unspecified atom stereocenters. The van der Waals surface area contributed by atoms with Gasteiger partial charge in [0.25, 0.3) is 0 Å². The molecule has 0 aliphatic heterocycles. The Morgan fingerprint density at radius 1 is 1.11 bits per heavy atom. The highest BCUT2D eigenvalue weighted by Gasteiger charge is 2.11. The van der Waals surface area contributed by atoms with Crippen molar-refractivity contribution < 1.29 is 4.74 Å². The van der Waals surface area contributed by atoms with Gasteiger partial charge in [-0.3, -0.25) is 0 Å². The van der Waals surface area contributed by atoms with Gasteiger partial charge in [0.05, 0.1) is 17.6 Å². The second-order valence-corrected chi connectivity index (χ2v) is 8.56. The number of nitrogens with one attached hydrogen (secondary N) is 2. The SMILES string of the molecule is CCOCc1cc2c(N)nc3ccc(CCCCCNC(C)(C)C)cc3c2[nH]1. The van der Waals surface area contributed by atoms with E-state index in [9.17, 15) is 0 Å². The second-order valence-electron chi connectivity index (χ2n) is 8.56. The van der Waals surface area contributed by atoms with Crippen LogP contribution in [0.2, 0.25) is 0 Å². The summed E-state index contributed by atoms with van der Waals surface area (Å²) < 4.78 is 5.53. The van der Waals surface area contributed by atoms with Gasteiger partial charge in [-0.1, -0.05) is 12.5 Å². The fourth-order valence-electron chi connectivity index (χ4n) is 3.54. The summed E-state index contributed by atoms with van der Waals surface area (Å²) in [5.74, 6) is 0.570. The summed E-state index contributed by atoms with van der Waals surface area (Å²) in [6.45, 7) is 11.0. The lowest BCUT2D eigenvalue weighted by Gasteiger charge is -2.20. The molecule has 2 aromatic heterocycles. The summed E-state index contributed by atoms with van der Waals surface area (Å²) in [5, 5.41) is 5.67. The number of ether oxygens (including phenoxy) is 1. The third-order valence-corrected chi connectivity index (χ3v) is 4.98. The largest absolute Gasteiger partial charge is 0.383 e. The molecule has 0 atom stereocenters. The van der Waals surface area contributed by atoms with Gasteiger partial charge in [-0.2, -0.15) is 0 Å². The first kappa shape index (κ1) is 20.6. The third-order valence-electron chi connectivity index (χ3n) is 4.98. The third kappa shape index (κ3) is 5.24. The number of rotatable bonds is 9. The second kappa shape index (κ2) is 8.93. The molecular weight excluding hydrogens is 348 g/mol. The zero-order valence-corrected chi connectivity index (χ0v) is 17.7. The quantitative estimate of drug-likeness (QED) is 0.458. The van der Waals surface area contributed by atoms with Crippen molar-refractivity contribution >= 4 is 27.6 Å². The maximum absolute atomic E-state index is 6.18. The molecule has 0 saturated carbocycles. The number of nitrogen functional groups attached to an aromatic ring is 1. The summed E-state index contributed by atoms with van der Waals surface area (Å²) in [6, 6.07) is 8.59. The molecule has 0 bridgehead atoms. The number of aromatic nitrogens is 2. The first-order valence-electron chi connectivity index (χ1n) is 10.4. The predicted octanol–water partition coefficient (Wildman–Crippen LogP) is 4.94. The fourth-order valence-corrected chi connectivity index (χ4v) is 3.54. The van der Waals surface area contributed by atoms with Crippen LogP contribution in [0.5, 0.6) is 0 Å². The number of unbranched alkanes of at least 4 members (excludes halogenated alkanes) is 2. The van der Waals surface area contributed by atoms with E-state index in [2.05, 4.69) is 60.3 Å². The summed E-state index contributed by atoms with van der Waals surface area (Å²) in [4.78, 5) is 8.08. The van der Waals surface area contributed by atoms with Crippen molar-refractivity contribution in [2.24, 2.45) is 0 Å². The molecule has 5 heteroatoms. The van der Waals surface area contributed by atoms with Gasteiger partial charge in [0.1, 0.15) is 5.82 Å². The number of pyridine rings is 1. The van der Waals surface area contributed by atoms with Crippen molar-refractivity contribution in [1.29, 1.82) is 0 Å². The minimum Gasteiger partial charge on any atom is -0.383 e. The Hall–Kier alpha value is -2.11. The van der Waals surface area contributed by atoms with Gasteiger partial charge in [-0.05, 0) is 77.3 Å². The molecule has 3 rings (SSSR count). The van der Waals surface area contributed by atoms with Crippen molar-refractivity contribution in [2.75, 3.05) is 18.9 Å². The van der Waals surface area contributed by atoms with Gasteiger partial charge in [-0.15, -0.1) is 0 Å². The Morgan fingerprint density at radius 2 is 1.93 bits per heavy atom. The normalized spacial score (nSPS) is 12.3. The maximum Gasteiger partial charge on any atom is 0.133 e. The van der Waals surface area contributed by atoms with Crippen LogP contribution in [0, 0.1) is 0 Å². The number of hydrogen-bond acceptors (Lipinski definition) is 4. The molecule has 2 heterocycles. The minimum absolute atomic E-state index is 0.204. The molecule has 1 aromatic carbocycles. The van der Waals surface area contributed by atoms with Crippen LogP contribution in [0.25, 0.3) is 21.8 Å². The van der Waals surface area contributed by atoms with E-state index in [1.54, 1.807) is 0 Å². The van der Waals surface area contributed by atoms with Crippen LogP contribution in [0.4, 0.5) is 5.82 Å². The number of fused-ring (bicyclic) bond motifs is 3. The van der Waals surface area contributed by atoms with E-state index in [1.807, 2.05) is 6.92 Å². The van der Waals surface area contributed by atoms with Gasteiger partial charge in [0.15, 0.2) is 0 Å². The fraction of sp³-hybridized carbons (Fsp3) is 0.522. The average Bonchev–Trinajstić information content (AvgIpc) is 3.07. The van der Waals surface area contributed by atoms with Crippen LogP contribution >= 0.6 is 0 Å². The molecule has 0 radical (unpaired) electrons. The summed E-state index contributed by atoms with van der Waals surface area (Å²) >= 11 is 0. The maximum atomic E-state index is 6.18. The Morgan fingerprint density at radius 3 is 2.68 bits per heavy atom. The van der Waals surface area contributed by atoms with E-state index >= 15 is 0 Å². The van der Waals surface area contributed by atoms with Gasteiger partial charge in [0.2, 0.25) is 0 Å². The lowest BCUT2D eigenvalue weighted by Crippen LogP contribution is -2.36. The molecule has 0 amide bonds. The number of aryl methyl sites for hydroxylation is 1. The molecule has 0 aliphatic rings. The van der Waals surface area contributed by atoms with Crippen LogP contribution < -0.4 is 11.1 Å². The van der Waals surface area contributed by atoms with E-state index in [0.717, 1.165) is 40.5 Å². The van der Waals surface area contributed by atoms with Crippen molar-refractivity contribution in [3.63, 3.8) is 0 Å². The highest BCUT2D eigenvalue weighted by atomic mass is 16.5. The smallest absolute Gasteiger partial charge is 0.133 e. The van der Waals surface area contributed by atoms with E-state index in [-0.39, 0.29) is 5.54 Å².